The number of nitrogens with one attached hydrogen (secondary N) is 1. The van der Waals surface area contributed by atoms with Crippen molar-refractivity contribution in [2.24, 2.45) is 0 Å². The maximum atomic E-state index is 10.8. The molecule has 19 heavy (non-hydrogen) atoms. The van der Waals surface area contributed by atoms with Gasteiger partial charge in [0.15, 0.2) is 0 Å². The number of non-ortho nitro benzene ring substituents is 1. The van der Waals surface area contributed by atoms with E-state index in [1.807, 2.05) is 6.92 Å². The third-order valence-electron chi connectivity index (χ3n) is 2.85. The summed E-state index contributed by atoms with van der Waals surface area (Å²) < 4.78 is 5.06. The van der Waals surface area contributed by atoms with Crippen LogP contribution in [-0.2, 0) is 6.54 Å². The summed E-state index contributed by atoms with van der Waals surface area (Å²) in [5, 5.41) is 14.1. The summed E-state index contributed by atoms with van der Waals surface area (Å²) in [4.78, 5) is 10.4. The average molecular weight is 262 g/mol. The number of terminal acetylenes is 1. The minimum atomic E-state index is -0.426. The molecule has 0 heterocycles. The predicted octanol–water partition coefficient (Wildman–Crippen LogP) is 2.49. The third kappa shape index (κ3) is 4.60. The lowest BCUT2D eigenvalue weighted by molar-refractivity contribution is -0.385. The Morgan fingerprint density at radius 1 is 1.53 bits per heavy atom. The van der Waals surface area contributed by atoms with E-state index >= 15 is 0 Å². The lowest BCUT2D eigenvalue weighted by Gasteiger charge is -2.14. The average Bonchev–Trinajstić information content (AvgIpc) is 2.42. The Morgan fingerprint density at radius 2 is 2.26 bits per heavy atom. The van der Waals surface area contributed by atoms with Crippen molar-refractivity contribution in [3.8, 4) is 18.1 Å². The summed E-state index contributed by atoms with van der Waals surface area (Å²) in [5.74, 6) is 3.09. The van der Waals surface area contributed by atoms with Crippen molar-refractivity contribution in [3.05, 3.63) is 33.9 Å². The van der Waals surface area contributed by atoms with Gasteiger partial charge in [-0.25, -0.2) is 0 Å². The number of hydrogen-bond donors (Lipinski definition) is 1. The van der Waals surface area contributed by atoms with Crippen molar-refractivity contribution in [2.75, 3.05) is 7.11 Å². The molecule has 0 aliphatic rings. The zero-order valence-electron chi connectivity index (χ0n) is 11.2. The van der Waals surface area contributed by atoms with Gasteiger partial charge in [-0.3, -0.25) is 10.1 Å². The Kier molecular flexibility index (Phi) is 5.83. The molecule has 1 N–H and O–H groups in total. The van der Waals surface area contributed by atoms with Crippen LogP contribution in [0.2, 0.25) is 0 Å². The van der Waals surface area contributed by atoms with E-state index in [2.05, 4.69) is 11.2 Å². The van der Waals surface area contributed by atoms with E-state index in [9.17, 15) is 10.1 Å². The van der Waals surface area contributed by atoms with Gasteiger partial charge in [0.25, 0.3) is 5.69 Å². The van der Waals surface area contributed by atoms with Gasteiger partial charge in [0.05, 0.1) is 18.1 Å². The van der Waals surface area contributed by atoms with Crippen molar-refractivity contribution in [1.82, 2.24) is 5.32 Å². The van der Waals surface area contributed by atoms with Gasteiger partial charge < -0.3 is 10.1 Å². The van der Waals surface area contributed by atoms with E-state index in [-0.39, 0.29) is 11.7 Å². The Labute approximate surface area is 113 Å². The van der Waals surface area contributed by atoms with Crippen molar-refractivity contribution < 1.29 is 9.66 Å². The molecule has 0 spiro atoms. The molecule has 102 valence electrons. The van der Waals surface area contributed by atoms with Crippen LogP contribution in [0.15, 0.2) is 18.2 Å². The first kappa shape index (κ1) is 15.0. The fourth-order valence-electron chi connectivity index (χ4n) is 1.73. The molecule has 0 aliphatic carbocycles. The second kappa shape index (κ2) is 7.39. The monoisotopic (exact) mass is 262 g/mol. The van der Waals surface area contributed by atoms with Crippen molar-refractivity contribution in [2.45, 2.75) is 32.4 Å². The lowest BCUT2D eigenvalue weighted by atomic mass is 10.1. The number of rotatable bonds is 7. The molecule has 1 aromatic rings. The molecule has 0 aromatic heterocycles. The predicted molar refractivity (Wildman–Crippen MR) is 74.0 cm³/mol. The summed E-state index contributed by atoms with van der Waals surface area (Å²) in [6, 6.07) is 4.94. The summed E-state index contributed by atoms with van der Waals surface area (Å²) >= 11 is 0. The molecule has 0 saturated carbocycles. The van der Waals surface area contributed by atoms with Crippen molar-refractivity contribution in [3.63, 3.8) is 0 Å². The van der Waals surface area contributed by atoms with Gasteiger partial charge in [-0.2, -0.15) is 0 Å². The minimum Gasteiger partial charge on any atom is -0.496 e. The molecule has 0 amide bonds. The highest BCUT2D eigenvalue weighted by Gasteiger charge is 2.11. The van der Waals surface area contributed by atoms with Gasteiger partial charge in [0.2, 0.25) is 0 Å². The van der Waals surface area contributed by atoms with Crippen LogP contribution in [0.3, 0.4) is 0 Å². The van der Waals surface area contributed by atoms with Gasteiger partial charge >= 0.3 is 0 Å². The van der Waals surface area contributed by atoms with Gasteiger partial charge in [0.1, 0.15) is 5.75 Å². The van der Waals surface area contributed by atoms with Gasteiger partial charge in [-0.15, -0.1) is 12.3 Å². The first-order chi connectivity index (χ1) is 9.10. The molecule has 0 fully saturated rings. The quantitative estimate of drug-likeness (QED) is 0.466. The van der Waals surface area contributed by atoms with Crippen LogP contribution in [0.25, 0.3) is 0 Å². The topological polar surface area (TPSA) is 64.4 Å². The number of methoxy groups -OCH3 is 1. The summed E-state index contributed by atoms with van der Waals surface area (Å²) in [7, 11) is 1.49. The van der Waals surface area contributed by atoms with Crippen molar-refractivity contribution >= 4 is 5.69 Å². The fourth-order valence-corrected chi connectivity index (χ4v) is 1.73. The second-order valence-electron chi connectivity index (χ2n) is 4.19. The summed E-state index contributed by atoms with van der Waals surface area (Å²) in [6.07, 6.45) is 6.84. The number of nitro benzene ring substituents is 1. The molecule has 0 radical (unpaired) electrons. The smallest absolute Gasteiger partial charge is 0.273 e. The number of nitro groups is 1. The Balaban J connectivity index is 2.80. The summed E-state index contributed by atoms with van der Waals surface area (Å²) in [5.41, 5.74) is 0.836. The Hall–Kier alpha value is -2.06. The first-order valence-corrected chi connectivity index (χ1v) is 6.09. The number of benzene rings is 1. The van der Waals surface area contributed by atoms with Crippen LogP contribution in [0.5, 0.6) is 5.75 Å². The molecule has 0 bridgehead atoms. The second-order valence-corrected chi connectivity index (χ2v) is 4.19. The van der Waals surface area contributed by atoms with Crippen LogP contribution in [0.4, 0.5) is 5.69 Å². The number of nitrogens with zero attached hydrogens (tertiary/aromatic N) is 1. The third-order valence-corrected chi connectivity index (χ3v) is 2.85. The van der Waals surface area contributed by atoms with Crippen LogP contribution >= 0.6 is 0 Å². The van der Waals surface area contributed by atoms with Crippen molar-refractivity contribution in [1.29, 1.82) is 0 Å². The van der Waals surface area contributed by atoms with Crippen LogP contribution in [0.1, 0.15) is 25.3 Å². The standard InChI is InChI=1S/C14H18N2O3/c1-4-6-12(5-2)15-10-11-7-13(16(17)18)9-14(8-11)19-3/h1,7-9,12,15H,5-6,10H2,2-3H3. The molecular weight excluding hydrogens is 244 g/mol. The van der Waals surface area contributed by atoms with Gasteiger partial charge in [-0.05, 0) is 18.1 Å². The maximum Gasteiger partial charge on any atom is 0.273 e. The van der Waals surface area contributed by atoms with E-state index < -0.39 is 4.92 Å². The number of ether oxygens (including phenoxy) is 1. The van der Waals surface area contributed by atoms with Gasteiger partial charge in [-0.1, -0.05) is 6.92 Å². The molecule has 1 rings (SSSR count). The molecule has 5 nitrogen and oxygen atoms in total. The maximum absolute atomic E-state index is 10.8. The minimum absolute atomic E-state index is 0.0288. The van der Waals surface area contributed by atoms with E-state index in [1.54, 1.807) is 6.07 Å². The van der Waals surface area contributed by atoms with Crippen LogP contribution in [-0.4, -0.2) is 18.1 Å². The van der Waals surface area contributed by atoms with E-state index in [0.29, 0.717) is 18.7 Å². The normalized spacial score (nSPS) is 11.6. The number of hydrogen-bond acceptors (Lipinski definition) is 4. The van der Waals surface area contributed by atoms with E-state index in [0.717, 1.165) is 12.0 Å². The fraction of sp³-hybridized carbons (Fsp3) is 0.429. The highest BCUT2D eigenvalue weighted by molar-refractivity contribution is 5.42. The molecule has 1 atom stereocenters. The Bertz CT molecular complexity index is 480. The largest absolute Gasteiger partial charge is 0.496 e. The Morgan fingerprint density at radius 3 is 2.79 bits per heavy atom. The van der Waals surface area contributed by atoms with Crippen LogP contribution in [0, 0.1) is 22.5 Å². The lowest BCUT2D eigenvalue weighted by Crippen LogP contribution is -2.27. The molecule has 1 unspecified atom stereocenters. The van der Waals surface area contributed by atoms with Crippen LogP contribution < -0.4 is 10.1 Å². The zero-order valence-corrected chi connectivity index (χ0v) is 11.2. The SMILES string of the molecule is C#CCC(CC)NCc1cc(OC)cc([N+](=O)[O-])c1. The highest BCUT2D eigenvalue weighted by atomic mass is 16.6. The van der Waals surface area contributed by atoms with E-state index in [1.165, 1.54) is 19.2 Å². The molecule has 0 aliphatic heterocycles. The molecule has 0 saturated heterocycles. The first-order valence-electron chi connectivity index (χ1n) is 6.09. The van der Waals surface area contributed by atoms with Gasteiger partial charge in [0, 0.05) is 25.1 Å². The summed E-state index contributed by atoms with van der Waals surface area (Å²) in [6.45, 7) is 2.57. The molecule has 1 aromatic carbocycles. The zero-order chi connectivity index (χ0) is 14.3. The highest BCUT2D eigenvalue weighted by Crippen LogP contribution is 2.22. The molecular formula is C14H18N2O3. The molecule has 5 heteroatoms. The van der Waals surface area contributed by atoms with E-state index in [4.69, 9.17) is 11.2 Å².